The Hall–Kier alpha value is -1.27. The molecule has 2 atom stereocenters. The molecule has 2 N–H and O–H groups in total. The molecule has 1 aliphatic rings. The summed E-state index contributed by atoms with van der Waals surface area (Å²) in [5.74, 6) is 0.872. The van der Waals surface area contributed by atoms with Gasteiger partial charge in [0.15, 0.2) is 0 Å². The van der Waals surface area contributed by atoms with Crippen LogP contribution < -0.4 is 10.5 Å². The van der Waals surface area contributed by atoms with Gasteiger partial charge in [0.1, 0.15) is 5.75 Å². The Kier molecular flexibility index (Phi) is 4.78. The third-order valence-electron chi connectivity index (χ3n) is 4.41. The molecular weight excluding hydrogens is 288 g/mol. The van der Waals surface area contributed by atoms with Crippen LogP contribution in [0.15, 0.2) is 23.1 Å². The molecule has 118 valence electrons. The molecule has 6 heteroatoms. The van der Waals surface area contributed by atoms with Crippen LogP contribution in [0.5, 0.6) is 5.75 Å². The fourth-order valence-corrected chi connectivity index (χ4v) is 4.57. The lowest BCUT2D eigenvalue weighted by molar-refractivity contribution is 0.213. The first kappa shape index (κ1) is 16.1. The minimum Gasteiger partial charge on any atom is -0.495 e. The lowest BCUT2D eigenvalue weighted by Crippen LogP contribution is -2.42. The molecule has 0 spiro atoms. The number of rotatable bonds is 4. The standard InChI is InChI=1S/C15H24N2O3S/c1-11-6-4-5-7-14(11)17(2)21(18,19)12-8-9-15(20-3)13(16)10-12/h8-11,14H,4-7,16H2,1-3H3. The maximum absolute atomic E-state index is 12.8. The Balaban J connectivity index is 2.30. The summed E-state index contributed by atoms with van der Waals surface area (Å²) < 4.78 is 32.1. The van der Waals surface area contributed by atoms with Crippen molar-refractivity contribution in [2.75, 3.05) is 19.9 Å². The van der Waals surface area contributed by atoms with Crippen LogP contribution in [0, 0.1) is 5.92 Å². The van der Waals surface area contributed by atoms with Gasteiger partial charge in [-0.3, -0.25) is 0 Å². The summed E-state index contributed by atoms with van der Waals surface area (Å²) in [6, 6.07) is 4.68. The molecule has 0 amide bonds. The lowest BCUT2D eigenvalue weighted by atomic mass is 9.86. The second-order valence-electron chi connectivity index (χ2n) is 5.75. The Morgan fingerprint density at radius 1 is 1.29 bits per heavy atom. The Bertz CT molecular complexity index is 601. The van der Waals surface area contributed by atoms with Crippen molar-refractivity contribution in [3.8, 4) is 5.75 Å². The average Bonchev–Trinajstić information content (AvgIpc) is 2.47. The quantitative estimate of drug-likeness (QED) is 0.867. The SMILES string of the molecule is COc1ccc(S(=O)(=O)N(C)C2CCCCC2C)cc1N. The second kappa shape index (κ2) is 6.23. The highest BCUT2D eigenvalue weighted by molar-refractivity contribution is 7.89. The van der Waals surface area contributed by atoms with Gasteiger partial charge in [-0.2, -0.15) is 4.31 Å². The van der Waals surface area contributed by atoms with Crippen LogP contribution in [0.1, 0.15) is 32.6 Å². The largest absolute Gasteiger partial charge is 0.495 e. The molecule has 5 nitrogen and oxygen atoms in total. The van der Waals surface area contributed by atoms with Gasteiger partial charge in [-0.1, -0.05) is 19.8 Å². The van der Waals surface area contributed by atoms with Crippen LogP contribution >= 0.6 is 0 Å². The van der Waals surface area contributed by atoms with E-state index in [0.29, 0.717) is 17.4 Å². The molecule has 0 radical (unpaired) electrons. The van der Waals surface area contributed by atoms with Gasteiger partial charge in [-0.15, -0.1) is 0 Å². The number of hydrogen-bond acceptors (Lipinski definition) is 4. The van der Waals surface area contributed by atoms with Crippen molar-refractivity contribution in [3.05, 3.63) is 18.2 Å². The van der Waals surface area contributed by atoms with Crippen LogP contribution in [0.3, 0.4) is 0 Å². The van der Waals surface area contributed by atoms with E-state index in [9.17, 15) is 8.42 Å². The van der Waals surface area contributed by atoms with Crippen molar-refractivity contribution in [3.63, 3.8) is 0 Å². The zero-order valence-corrected chi connectivity index (χ0v) is 13.7. The molecule has 1 aliphatic carbocycles. The molecule has 0 aliphatic heterocycles. The normalized spacial score (nSPS) is 23.2. The Morgan fingerprint density at radius 3 is 2.52 bits per heavy atom. The van der Waals surface area contributed by atoms with Gasteiger partial charge >= 0.3 is 0 Å². The molecule has 1 aromatic carbocycles. The number of nitrogen functional groups attached to an aromatic ring is 1. The summed E-state index contributed by atoms with van der Waals surface area (Å²) >= 11 is 0. The fraction of sp³-hybridized carbons (Fsp3) is 0.600. The van der Waals surface area contributed by atoms with Gasteiger partial charge in [-0.05, 0) is 37.0 Å². The number of methoxy groups -OCH3 is 1. The van der Waals surface area contributed by atoms with E-state index in [-0.39, 0.29) is 10.9 Å². The summed E-state index contributed by atoms with van der Waals surface area (Å²) in [5, 5.41) is 0. The summed E-state index contributed by atoms with van der Waals surface area (Å²) in [5.41, 5.74) is 6.16. The Labute approximate surface area is 127 Å². The lowest BCUT2D eigenvalue weighted by Gasteiger charge is -2.35. The first-order chi connectivity index (χ1) is 9.87. The third kappa shape index (κ3) is 3.16. The van der Waals surface area contributed by atoms with E-state index in [1.807, 2.05) is 0 Å². The summed E-state index contributed by atoms with van der Waals surface area (Å²) in [7, 11) is -0.343. The molecule has 1 saturated carbocycles. The van der Waals surface area contributed by atoms with E-state index in [1.54, 1.807) is 19.2 Å². The van der Waals surface area contributed by atoms with Gasteiger partial charge in [0.05, 0.1) is 17.7 Å². The summed E-state index contributed by atoms with van der Waals surface area (Å²) in [6.45, 7) is 2.12. The number of nitrogens with two attached hydrogens (primary N) is 1. The van der Waals surface area contributed by atoms with Crippen LogP contribution in [-0.2, 0) is 10.0 Å². The van der Waals surface area contributed by atoms with E-state index >= 15 is 0 Å². The minimum absolute atomic E-state index is 0.0621. The van der Waals surface area contributed by atoms with E-state index < -0.39 is 10.0 Å². The van der Waals surface area contributed by atoms with Crippen molar-refractivity contribution in [2.45, 2.75) is 43.5 Å². The van der Waals surface area contributed by atoms with Crippen LogP contribution in [0.2, 0.25) is 0 Å². The highest BCUT2D eigenvalue weighted by Crippen LogP contribution is 2.32. The molecule has 1 fully saturated rings. The van der Waals surface area contributed by atoms with E-state index in [0.717, 1.165) is 19.3 Å². The second-order valence-corrected chi connectivity index (χ2v) is 7.75. The predicted octanol–water partition coefficient (Wildman–Crippen LogP) is 2.48. The zero-order valence-electron chi connectivity index (χ0n) is 12.9. The zero-order chi connectivity index (χ0) is 15.6. The summed E-state index contributed by atoms with van der Waals surface area (Å²) in [6.07, 6.45) is 4.26. The third-order valence-corrected chi connectivity index (χ3v) is 6.29. The van der Waals surface area contributed by atoms with E-state index in [1.165, 1.54) is 23.9 Å². The first-order valence-electron chi connectivity index (χ1n) is 7.29. The molecule has 1 aromatic rings. The first-order valence-corrected chi connectivity index (χ1v) is 8.73. The molecular formula is C15H24N2O3S. The van der Waals surface area contributed by atoms with Crippen molar-refractivity contribution in [1.29, 1.82) is 0 Å². The van der Waals surface area contributed by atoms with Crippen LogP contribution in [-0.4, -0.2) is 32.9 Å². The van der Waals surface area contributed by atoms with Gasteiger partial charge in [0.25, 0.3) is 0 Å². The van der Waals surface area contributed by atoms with Crippen molar-refractivity contribution >= 4 is 15.7 Å². The van der Waals surface area contributed by atoms with Crippen molar-refractivity contribution in [2.24, 2.45) is 5.92 Å². The van der Waals surface area contributed by atoms with Gasteiger partial charge in [0, 0.05) is 13.1 Å². The number of benzene rings is 1. The molecule has 0 bridgehead atoms. The molecule has 2 unspecified atom stereocenters. The van der Waals surface area contributed by atoms with Crippen LogP contribution in [0.25, 0.3) is 0 Å². The Morgan fingerprint density at radius 2 is 1.95 bits per heavy atom. The van der Waals surface area contributed by atoms with Crippen molar-refractivity contribution in [1.82, 2.24) is 4.31 Å². The van der Waals surface area contributed by atoms with Gasteiger partial charge in [0.2, 0.25) is 10.0 Å². The molecule has 0 saturated heterocycles. The van der Waals surface area contributed by atoms with E-state index in [2.05, 4.69) is 6.92 Å². The number of anilines is 1. The highest BCUT2D eigenvalue weighted by atomic mass is 32.2. The van der Waals surface area contributed by atoms with Crippen LogP contribution in [0.4, 0.5) is 5.69 Å². The molecule has 0 aromatic heterocycles. The van der Waals surface area contributed by atoms with Gasteiger partial charge in [-0.25, -0.2) is 8.42 Å². The number of ether oxygens (including phenoxy) is 1. The highest BCUT2D eigenvalue weighted by Gasteiger charge is 2.33. The number of sulfonamides is 1. The fourth-order valence-electron chi connectivity index (χ4n) is 3.05. The molecule has 2 rings (SSSR count). The molecule has 21 heavy (non-hydrogen) atoms. The average molecular weight is 312 g/mol. The topological polar surface area (TPSA) is 72.6 Å². The predicted molar refractivity (Wildman–Crippen MR) is 83.8 cm³/mol. The maximum atomic E-state index is 12.8. The molecule has 0 heterocycles. The van der Waals surface area contributed by atoms with Gasteiger partial charge < -0.3 is 10.5 Å². The smallest absolute Gasteiger partial charge is 0.243 e. The summed E-state index contributed by atoms with van der Waals surface area (Å²) in [4.78, 5) is 0.223. The number of nitrogens with zero attached hydrogens (tertiary/aromatic N) is 1. The van der Waals surface area contributed by atoms with Crippen molar-refractivity contribution < 1.29 is 13.2 Å². The number of hydrogen-bond donors (Lipinski definition) is 1. The monoisotopic (exact) mass is 312 g/mol. The minimum atomic E-state index is -3.52. The van der Waals surface area contributed by atoms with E-state index in [4.69, 9.17) is 10.5 Å². The maximum Gasteiger partial charge on any atom is 0.243 e.